The van der Waals surface area contributed by atoms with E-state index in [0.717, 1.165) is 57.8 Å². The van der Waals surface area contributed by atoms with Crippen LogP contribution < -0.4 is 16.0 Å². The van der Waals surface area contributed by atoms with Gasteiger partial charge < -0.3 is 26.2 Å². The third-order valence-corrected chi connectivity index (χ3v) is 7.42. The van der Waals surface area contributed by atoms with Gasteiger partial charge in [-0.15, -0.1) is 0 Å². The highest BCUT2D eigenvalue weighted by molar-refractivity contribution is 5.84. The molecule has 238 valence electrons. The third kappa shape index (κ3) is 25.0. The van der Waals surface area contributed by atoms with Crippen molar-refractivity contribution >= 4 is 29.5 Å². The average molecular weight is 584 g/mol. The van der Waals surface area contributed by atoms with E-state index < -0.39 is 18.0 Å². The minimum Gasteiger partial charge on any atom is -0.481 e. The third-order valence-electron chi connectivity index (χ3n) is 7.42. The quantitative estimate of drug-likeness (QED) is 0.0757. The van der Waals surface area contributed by atoms with Crippen LogP contribution in [0, 0.1) is 0 Å². The first-order valence-corrected chi connectivity index (χ1v) is 15.9. The molecule has 10 nitrogen and oxygen atoms in total. The van der Waals surface area contributed by atoms with Gasteiger partial charge in [-0.25, -0.2) is 4.79 Å². The molecule has 0 saturated carbocycles. The van der Waals surface area contributed by atoms with E-state index in [1.54, 1.807) is 14.0 Å². The van der Waals surface area contributed by atoms with E-state index >= 15 is 0 Å². The van der Waals surface area contributed by atoms with Gasteiger partial charge in [-0.05, 0) is 52.5 Å². The van der Waals surface area contributed by atoms with Crippen molar-refractivity contribution in [1.29, 1.82) is 0 Å². The lowest BCUT2D eigenvalue weighted by Crippen LogP contribution is -2.41. The van der Waals surface area contributed by atoms with Crippen molar-refractivity contribution in [3.63, 3.8) is 0 Å². The first-order chi connectivity index (χ1) is 19.7. The molecule has 41 heavy (non-hydrogen) atoms. The molecule has 10 heteroatoms. The summed E-state index contributed by atoms with van der Waals surface area (Å²) in [5.74, 6) is -2.28. The van der Waals surface area contributed by atoms with Crippen LogP contribution in [0.15, 0.2) is 0 Å². The smallest absolute Gasteiger partial charge is 0.326 e. The molecule has 0 aliphatic rings. The first-order valence-electron chi connectivity index (χ1n) is 15.9. The van der Waals surface area contributed by atoms with E-state index in [4.69, 9.17) is 5.11 Å². The van der Waals surface area contributed by atoms with E-state index in [-0.39, 0.29) is 42.9 Å². The number of carboxylic acid groups (broad SMARTS) is 2. The number of rotatable bonds is 29. The predicted octanol–water partition coefficient (Wildman–Crippen LogP) is 5.13. The number of carbonyl (C=O) groups excluding carboxylic acids is 3. The highest BCUT2D eigenvalue weighted by Gasteiger charge is 2.20. The number of Topliss-reactive ketones (excluding diaryl/α,β-unsaturated/α-hetero) is 1. The summed E-state index contributed by atoms with van der Waals surface area (Å²) in [7, 11) is 1.75. The Bertz CT molecular complexity index is 745. The van der Waals surface area contributed by atoms with Gasteiger partial charge in [0.15, 0.2) is 0 Å². The fraction of sp³-hybridized carbons (Fsp3) is 0.839. The Kier molecular flexibility index (Phi) is 24.8. The topological polar surface area (TPSA) is 162 Å². The monoisotopic (exact) mass is 583 g/mol. The number of amides is 2. The zero-order valence-electron chi connectivity index (χ0n) is 25.6. The number of hydrogen-bond donors (Lipinski definition) is 5. The molecule has 0 aliphatic carbocycles. The van der Waals surface area contributed by atoms with Crippen molar-refractivity contribution in [3.8, 4) is 0 Å². The number of nitrogens with one attached hydrogen (secondary N) is 3. The molecular formula is C31H57N3O7. The molecule has 0 aromatic heterocycles. The van der Waals surface area contributed by atoms with E-state index in [0.29, 0.717) is 19.4 Å². The Hall–Kier alpha value is -2.49. The largest absolute Gasteiger partial charge is 0.481 e. The molecule has 0 rings (SSSR count). The molecular weight excluding hydrogens is 526 g/mol. The number of carbonyl (C=O) groups is 5. The maximum atomic E-state index is 12.2. The Labute approximate surface area is 247 Å². The van der Waals surface area contributed by atoms with Crippen molar-refractivity contribution in [2.24, 2.45) is 0 Å². The molecule has 0 saturated heterocycles. The van der Waals surface area contributed by atoms with Crippen LogP contribution in [0.4, 0.5) is 0 Å². The number of carboxylic acids is 2. The van der Waals surface area contributed by atoms with Gasteiger partial charge in [0, 0.05) is 25.8 Å². The molecule has 0 aromatic rings. The Morgan fingerprint density at radius 3 is 1.49 bits per heavy atom. The van der Waals surface area contributed by atoms with Gasteiger partial charge in [0.2, 0.25) is 11.8 Å². The molecule has 5 N–H and O–H groups in total. The average Bonchev–Trinajstić information content (AvgIpc) is 2.92. The number of ketones is 1. The van der Waals surface area contributed by atoms with Crippen molar-refractivity contribution < 1.29 is 34.2 Å². The predicted molar refractivity (Wildman–Crippen MR) is 161 cm³/mol. The van der Waals surface area contributed by atoms with Crippen LogP contribution in [0.3, 0.4) is 0 Å². The van der Waals surface area contributed by atoms with E-state index in [1.165, 1.54) is 44.9 Å². The Balaban J connectivity index is 3.73. The lowest BCUT2D eigenvalue weighted by atomic mass is 10.0. The summed E-state index contributed by atoms with van der Waals surface area (Å²) >= 11 is 0. The fourth-order valence-electron chi connectivity index (χ4n) is 4.82. The molecule has 2 atom stereocenters. The van der Waals surface area contributed by atoms with Crippen LogP contribution in [-0.2, 0) is 24.0 Å². The van der Waals surface area contributed by atoms with Crippen LogP contribution in [-0.4, -0.2) is 65.4 Å². The van der Waals surface area contributed by atoms with Crippen molar-refractivity contribution in [3.05, 3.63) is 0 Å². The Morgan fingerprint density at radius 2 is 1.05 bits per heavy atom. The summed E-state index contributed by atoms with van der Waals surface area (Å²) in [6, 6.07) is -1.24. The van der Waals surface area contributed by atoms with Crippen molar-refractivity contribution in [2.75, 3.05) is 13.6 Å². The standard InChI is InChI=1S/C31H57N3O7/c1-25(35)26(32-2)19-17-18-24-33-28(36)23-22-27(31(40)41)34-29(37)20-15-13-11-9-7-5-3-4-6-8-10-12-14-16-21-30(38)39/h26-27,32H,3-24H2,1-2H3,(H,33,36)(H,34,37)(H,38,39)(H,40,41). The second kappa shape index (κ2) is 26.4. The Morgan fingerprint density at radius 1 is 0.561 bits per heavy atom. The van der Waals surface area contributed by atoms with Crippen LogP contribution in [0.2, 0.25) is 0 Å². The summed E-state index contributed by atoms with van der Waals surface area (Å²) in [6.45, 7) is 2.02. The van der Waals surface area contributed by atoms with Gasteiger partial charge in [-0.1, -0.05) is 77.0 Å². The minimum absolute atomic E-state index is 0.0262. The molecule has 0 fully saturated rings. The van der Waals surface area contributed by atoms with Gasteiger partial charge in [-0.3, -0.25) is 19.2 Å². The van der Waals surface area contributed by atoms with Gasteiger partial charge in [0.25, 0.3) is 0 Å². The number of unbranched alkanes of at least 4 members (excludes halogenated alkanes) is 14. The zero-order chi connectivity index (χ0) is 30.7. The summed E-state index contributed by atoms with van der Waals surface area (Å²) in [6.07, 6.45) is 18.3. The molecule has 0 aromatic carbocycles. The van der Waals surface area contributed by atoms with E-state index in [9.17, 15) is 29.1 Å². The first kappa shape index (κ1) is 38.5. The summed E-state index contributed by atoms with van der Waals surface area (Å²) < 4.78 is 0. The van der Waals surface area contributed by atoms with Crippen LogP contribution in [0.1, 0.15) is 142 Å². The van der Waals surface area contributed by atoms with Crippen molar-refractivity contribution in [2.45, 2.75) is 154 Å². The molecule has 0 bridgehead atoms. The zero-order valence-corrected chi connectivity index (χ0v) is 25.6. The fourth-order valence-corrected chi connectivity index (χ4v) is 4.82. The lowest BCUT2D eigenvalue weighted by Gasteiger charge is -2.15. The summed E-state index contributed by atoms with van der Waals surface area (Å²) in [4.78, 5) is 57.7. The van der Waals surface area contributed by atoms with Crippen molar-refractivity contribution in [1.82, 2.24) is 16.0 Å². The molecule has 0 heterocycles. The number of aliphatic carboxylic acids is 2. The van der Waals surface area contributed by atoms with Gasteiger partial charge in [0.1, 0.15) is 11.8 Å². The van der Waals surface area contributed by atoms with E-state index in [1.807, 2.05) is 0 Å². The van der Waals surface area contributed by atoms with Gasteiger partial charge in [0.05, 0.1) is 6.04 Å². The van der Waals surface area contributed by atoms with Gasteiger partial charge >= 0.3 is 11.9 Å². The molecule has 0 radical (unpaired) electrons. The lowest BCUT2D eigenvalue weighted by molar-refractivity contribution is -0.142. The minimum atomic E-state index is -1.13. The highest BCUT2D eigenvalue weighted by Crippen LogP contribution is 2.14. The second-order valence-electron chi connectivity index (χ2n) is 11.1. The molecule has 0 aliphatic heterocycles. The maximum Gasteiger partial charge on any atom is 0.326 e. The van der Waals surface area contributed by atoms with Gasteiger partial charge in [-0.2, -0.15) is 0 Å². The summed E-state index contributed by atoms with van der Waals surface area (Å²) in [5.41, 5.74) is 0. The molecule has 2 amide bonds. The van der Waals surface area contributed by atoms with Crippen LogP contribution >= 0.6 is 0 Å². The molecule has 2 unspecified atom stereocenters. The van der Waals surface area contributed by atoms with E-state index in [2.05, 4.69) is 16.0 Å². The summed E-state index contributed by atoms with van der Waals surface area (Å²) in [5, 5.41) is 26.3. The number of likely N-dealkylation sites (N-methyl/N-ethyl adjacent to an activating group) is 1. The maximum absolute atomic E-state index is 12.2. The van der Waals surface area contributed by atoms with Crippen LogP contribution in [0.5, 0.6) is 0 Å². The molecule has 0 spiro atoms. The SMILES string of the molecule is CNC(CCCCNC(=O)CCC(NC(=O)CCCCCCCCCCCCCCCCC(=O)O)C(=O)O)C(C)=O. The normalized spacial score (nSPS) is 12.4. The highest BCUT2D eigenvalue weighted by atomic mass is 16.4. The van der Waals surface area contributed by atoms with Crippen LogP contribution in [0.25, 0.3) is 0 Å². The second-order valence-corrected chi connectivity index (χ2v) is 11.1. The number of hydrogen-bond acceptors (Lipinski definition) is 6.